The number of nitrogens with zero attached hydrogens (tertiary/aromatic N) is 1. The normalized spacial score (nSPS) is 17.2. The molecule has 0 aromatic rings. The van der Waals surface area contributed by atoms with Crippen LogP contribution in [-0.2, 0) is 4.74 Å². The van der Waals surface area contributed by atoms with E-state index in [9.17, 15) is 0 Å². The highest BCUT2D eigenvalue weighted by Crippen LogP contribution is 2.26. The zero-order valence-corrected chi connectivity index (χ0v) is 8.72. The highest BCUT2D eigenvalue weighted by atomic mass is 32.1. The van der Waals surface area contributed by atoms with Crippen molar-refractivity contribution in [1.82, 2.24) is 4.90 Å². The molecule has 2 nitrogen and oxygen atoms in total. The zero-order chi connectivity index (χ0) is 8.81. The minimum absolute atomic E-state index is 0.861. The summed E-state index contributed by atoms with van der Waals surface area (Å²) in [6.45, 7) is 3.15. The van der Waals surface area contributed by atoms with Gasteiger partial charge >= 0.3 is 0 Å². The molecule has 1 aliphatic carbocycles. The SMILES string of the molecule is COCCN(CCCS)C1CC1. The first-order chi connectivity index (χ1) is 5.88. The van der Waals surface area contributed by atoms with Crippen molar-refractivity contribution in [3.63, 3.8) is 0 Å². The fourth-order valence-corrected chi connectivity index (χ4v) is 1.54. The fourth-order valence-electron chi connectivity index (χ4n) is 1.40. The lowest BCUT2D eigenvalue weighted by Crippen LogP contribution is -2.30. The molecule has 0 amide bonds. The number of methoxy groups -OCH3 is 1. The van der Waals surface area contributed by atoms with Crippen molar-refractivity contribution in [2.24, 2.45) is 0 Å². The molecular formula is C9H19NOS. The quantitative estimate of drug-likeness (QED) is 0.608. The van der Waals surface area contributed by atoms with E-state index >= 15 is 0 Å². The van der Waals surface area contributed by atoms with Crippen LogP contribution in [0.3, 0.4) is 0 Å². The topological polar surface area (TPSA) is 12.5 Å². The van der Waals surface area contributed by atoms with E-state index < -0.39 is 0 Å². The Morgan fingerprint density at radius 2 is 2.17 bits per heavy atom. The van der Waals surface area contributed by atoms with Gasteiger partial charge in [-0.2, -0.15) is 12.6 Å². The van der Waals surface area contributed by atoms with E-state index in [2.05, 4.69) is 17.5 Å². The minimum Gasteiger partial charge on any atom is -0.383 e. The first-order valence-electron chi connectivity index (χ1n) is 4.72. The molecular weight excluding hydrogens is 170 g/mol. The summed E-state index contributed by atoms with van der Waals surface area (Å²) in [7, 11) is 1.77. The largest absolute Gasteiger partial charge is 0.383 e. The molecule has 0 radical (unpaired) electrons. The predicted molar refractivity (Wildman–Crippen MR) is 54.9 cm³/mol. The van der Waals surface area contributed by atoms with Gasteiger partial charge in [-0.25, -0.2) is 0 Å². The number of thiol groups is 1. The second-order valence-electron chi connectivity index (χ2n) is 3.34. The monoisotopic (exact) mass is 189 g/mol. The zero-order valence-electron chi connectivity index (χ0n) is 7.83. The lowest BCUT2D eigenvalue weighted by molar-refractivity contribution is 0.144. The van der Waals surface area contributed by atoms with Gasteiger partial charge in [-0.3, -0.25) is 4.90 Å². The van der Waals surface area contributed by atoms with Crippen molar-refractivity contribution in [3.05, 3.63) is 0 Å². The highest BCUT2D eigenvalue weighted by molar-refractivity contribution is 7.80. The van der Waals surface area contributed by atoms with Crippen LogP contribution in [-0.4, -0.2) is 43.5 Å². The summed E-state index contributed by atoms with van der Waals surface area (Å²) in [6, 6.07) is 0.861. The molecule has 0 bridgehead atoms. The van der Waals surface area contributed by atoms with Gasteiger partial charge in [0.25, 0.3) is 0 Å². The van der Waals surface area contributed by atoms with Crippen LogP contribution in [0, 0.1) is 0 Å². The Morgan fingerprint density at radius 3 is 2.67 bits per heavy atom. The summed E-state index contributed by atoms with van der Waals surface area (Å²) in [5.74, 6) is 0.996. The summed E-state index contributed by atoms with van der Waals surface area (Å²) >= 11 is 4.22. The summed E-state index contributed by atoms with van der Waals surface area (Å²) in [6.07, 6.45) is 3.97. The lowest BCUT2D eigenvalue weighted by atomic mass is 10.4. The second kappa shape index (κ2) is 5.84. The molecule has 0 unspecified atom stereocenters. The van der Waals surface area contributed by atoms with Gasteiger partial charge in [0, 0.05) is 19.7 Å². The molecule has 0 saturated heterocycles. The van der Waals surface area contributed by atoms with E-state index in [-0.39, 0.29) is 0 Å². The molecule has 1 rings (SSSR count). The third-order valence-electron chi connectivity index (χ3n) is 2.25. The summed E-state index contributed by atoms with van der Waals surface area (Å²) in [5, 5.41) is 0. The predicted octanol–water partition coefficient (Wildman–Crippen LogP) is 1.42. The average molecular weight is 189 g/mol. The molecule has 72 valence electrons. The van der Waals surface area contributed by atoms with Crippen LogP contribution in [0.5, 0.6) is 0 Å². The summed E-state index contributed by atoms with van der Waals surface area (Å²) < 4.78 is 5.07. The number of rotatable bonds is 7. The van der Waals surface area contributed by atoms with Crippen LogP contribution < -0.4 is 0 Å². The Morgan fingerprint density at radius 1 is 1.42 bits per heavy atom. The smallest absolute Gasteiger partial charge is 0.0589 e. The second-order valence-corrected chi connectivity index (χ2v) is 3.78. The summed E-state index contributed by atoms with van der Waals surface area (Å²) in [5.41, 5.74) is 0. The molecule has 0 aromatic heterocycles. The molecule has 1 fully saturated rings. The molecule has 1 saturated carbocycles. The van der Waals surface area contributed by atoms with Crippen molar-refractivity contribution >= 4 is 12.6 Å². The van der Waals surface area contributed by atoms with Gasteiger partial charge in [-0.15, -0.1) is 0 Å². The molecule has 3 heteroatoms. The standard InChI is InChI=1S/C9H19NOS/c1-11-7-6-10(5-2-8-12)9-3-4-9/h9,12H,2-8H2,1H3. The van der Waals surface area contributed by atoms with Crippen LogP contribution in [0.25, 0.3) is 0 Å². The van der Waals surface area contributed by atoms with Crippen LogP contribution >= 0.6 is 12.6 Å². The Hall–Kier alpha value is 0.270. The van der Waals surface area contributed by atoms with Crippen LogP contribution in [0.1, 0.15) is 19.3 Å². The first kappa shape index (κ1) is 10.4. The average Bonchev–Trinajstić information content (AvgIpc) is 2.88. The van der Waals surface area contributed by atoms with Gasteiger partial charge in [0.05, 0.1) is 6.61 Å². The van der Waals surface area contributed by atoms with Gasteiger partial charge in [0.2, 0.25) is 0 Å². The van der Waals surface area contributed by atoms with Gasteiger partial charge in [-0.05, 0) is 31.6 Å². The first-order valence-corrected chi connectivity index (χ1v) is 5.35. The Bertz CT molecular complexity index is 109. The molecule has 0 aromatic carbocycles. The molecule has 12 heavy (non-hydrogen) atoms. The van der Waals surface area contributed by atoms with Gasteiger partial charge in [-0.1, -0.05) is 0 Å². The van der Waals surface area contributed by atoms with Gasteiger partial charge in [0.15, 0.2) is 0 Å². The van der Waals surface area contributed by atoms with Crippen LogP contribution in [0.2, 0.25) is 0 Å². The van der Waals surface area contributed by atoms with E-state index in [1.807, 2.05) is 0 Å². The minimum atomic E-state index is 0.861. The third kappa shape index (κ3) is 3.78. The summed E-state index contributed by atoms with van der Waals surface area (Å²) in [4.78, 5) is 2.53. The van der Waals surface area contributed by atoms with Crippen LogP contribution in [0.15, 0.2) is 0 Å². The van der Waals surface area contributed by atoms with Crippen molar-refractivity contribution in [3.8, 4) is 0 Å². The van der Waals surface area contributed by atoms with E-state index in [1.54, 1.807) is 7.11 Å². The fraction of sp³-hybridized carbons (Fsp3) is 1.00. The van der Waals surface area contributed by atoms with Crippen molar-refractivity contribution < 1.29 is 4.74 Å². The van der Waals surface area contributed by atoms with Crippen molar-refractivity contribution in [2.75, 3.05) is 32.6 Å². The molecule has 0 atom stereocenters. The Balaban J connectivity index is 2.09. The lowest BCUT2D eigenvalue weighted by Gasteiger charge is -2.20. The highest BCUT2D eigenvalue weighted by Gasteiger charge is 2.27. The van der Waals surface area contributed by atoms with Crippen LogP contribution in [0.4, 0.5) is 0 Å². The maximum absolute atomic E-state index is 5.07. The molecule has 0 aliphatic heterocycles. The number of hydrogen-bond donors (Lipinski definition) is 1. The third-order valence-corrected chi connectivity index (χ3v) is 2.57. The maximum atomic E-state index is 5.07. The van der Waals surface area contributed by atoms with E-state index in [4.69, 9.17) is 4.74 Å². The molecule has 0 N–H and O–H groups in total. The van der Waals surface area contributed by atoms with Crippen molar-refractivity contribution in [2.45, 2.75) is 25.3 Å². The number of hydrogen-bond acceptors (Lipinski definition) is 3. The maximum Gasteiger partial charge on any atom is 0.0589 e. The van der Waals surface area contributed by atoms with Gasteiger partial charge < -0.3 is 4.74 Å². The van der Waals surface area contributed by atoms with E-state index in [1.165, 1.54) is 25.8 Å². The van der Waals surface area contributed by atoms with Crippen molar-refractivity contribution in [1.29, 1.82) is 0 Å². The number of ether oxygens (including phenoxy) is 1. The molecule has 0 heterocycles. The molecule has 0 spiro atoms. The Labute approximate surface area is 80.7 Å². The van der Waals surface area contributed by atoms with E-state index in [0.717, 1.165) is 24.9 Å². The van der Waals surface area contributed by atoms with Gasteiger partial charge in [0.1, 0.15) is 0 Å². The Kier molecular flexibility index (Phi) is 5.04. The molecule has 1 aliphatic rings. The van der Waals surface area contributed by atoms with E-state index in [0.29, 0.717) is 0 Å².